The van der Waals surface area contributed by atoms with Crippen LogP contribution in [0.15, 0.2) is 24.3 Å². The van der Waals surface area contributed by atoms with E-state index in [0.29, 0.717) is 11.7 Å². The fourth-order valence-corrected chi connectivity index (χ4v) is 3.11. The van der Waals surface area contributed by atoms with Crippen molar-refractivity contribution in [3.05, 3.63) is 24.3 Å². The van der Waals surface area contributed by atoms with E-state index in [1.54, 1.807) is 13.0 Å². The second kappa shape index (κ2) is 7.16. The second-order valence-electron chi connectivity index (χ2n) is 5.15. The fraction of sp³-hybridized carbons (Fsp3) is 0.625. The number of ketones is 1. The minimum atomic E-state index is -0.158. The zero-order valence-electron chi connectivity index (χ0n) is 11.5. The molecule has 1 unspecified atom stereocenters. The maximum Gasteiger partial charge on any atom is 0.140 e. The molecule has 18 heavy (non-hydrogen) atoms. The molecule has 0 heterocycles. The zero-order valence-corrected chi connectivity index (χ0v) is 11.5. The van der Waals surface area contributed by atoms with Gasteiger partial charge in [-0.25, -0.2) is 0 Å². The van der Waals surface area contributed by atoms with Crippen molar-refractivity contribution in [2.45, 2.75) is 52.4 Å². The van der Waals surface area contributed by atoms with Gasteiger partial charge in [0.05, 0.1) is 11.5 Å². The predicted octanol–water partition coefficient (Wildman–Crippen LogP) is 4.19. The van der Waals surface area contributed by atoms with Crippen molar-refractivity contribution < 1.29 is 4.79 Å². The summed E-state index contributed by atoms with van der Waals surface area (Å²) >= 11 is 0. The Labute approximate surface area is 110 Å². The molecule has 1 atom stereocenters. The number of hydrogen-bond acceptors (Lipinski definition) is 2. The lowest BCUT2D eigenvalue weighted by Crippen LogP contribution is -2.37. The Kier molecular flexibility index (Phi) is 5.85. The molecule has 2 aliphatic carbocycles. The average Bonchev–Trinajstić information content (AvgIpc) is 2.41. The van der Waals surface area contributed by atoms with E-state index in [-0.39, 0.29) is 5.41 Å². The summed E-state index contributed by atoms with van der Waals surface area (Å²) in [4.78, 5) is 11.9. The van der Waals surface area contributed by atoms with Crippen LogP contribution in [-0.2, 0) is 4.79 Å². The number of rotatable bonds is 2. The van der Waals surface area contributed by atoms with E-state index in [9.17, 15) is 4.79 Å². The molecule has 2 rings (SSSR count). The largest absolute Gasteiger partial charge is 0.299 e. The van der Waals surface area contributed by atoms with Crippen molar-refractivity contribution in [2.75, 3.05) is 0 Å². The summed E-state index contributed by atoms with van der Waals surface area (Å²) in [5, 5.41) is 7.32. The molecule has 0 saturated heterocycles. The fourth-order valence-electron chi connectivity index (χ4n) is 3.11. The highest BCUT2D eigenvalue weighted by molar-refractivity contribution is 5.85. The molecular formula is C16H23NO. The van der Waals surface area contributed by atoms with Gasteiger partial charge in [-0.05, 0) is 32.1 Å². The molecular weight excluding hydrogens is 222 g/mol. The number of allylic oxidation sites excluding steroid dienone is 4. The van der Waals surface area contributed by atoms with Gasteiger partial charge in [0.2, 0.25) is 0 Å². The summed E-state index contributed by atoms with van der Waals surface area (Å²) in [7, 11) is 0. The molecule has 0 N–H and O–H groups in total. The van der Waals surface area contributed by atoms with Gasteiger partial charge in [-0.1, -0.05) is 43.6 Å². The first kappa shape index (κ1) is 14.7. The minimum absolute atomic E-state index is 0.158. The van der Waals surface area contributed by atoms with Crippen LogP contribution in [0.3, 0.4) is 0 Å². The first-order valence-electron chi connectivity index (χ1n) is 6.83. The number of carbonyl (C=O) groups is 1. The van der Waals surface area contributed by atoms with E-state index in [1.165, 1.54) is 39.0 Å². The highest BCUT2D eigenvalue weighted by atomic mass is 16.1. The molecule has 1 saturated carbocycles. The lowest BCUT2D eigenvalue weighted by molar-refractivity contribution is -0.127. The lowest BCUT2D eigenvalue weighted by Gasteiger charge is -2.39. The van der Waals surface area contributed by atoms with Gasteiger partial charge in [0.25, 0.3) is 0 Å². The molecule has 2 heteroatoms. The van der Waals surface area contributed by atoms with Crippen LogP contribution in [-0.4, -0.2) is 5.78 Å². The molecule has 0 aliphatic heterocycles. The van der Waals surface area contributed by atoms with E-state index in [0.717, 1.165) is 6.42 Å². The number of hydrogen-bond donors (Lipinski definition) is 0. The van der Waals surface area contributed by atoms with Gasteiger partial charge >= 0.3 is 0 Å². The van der Waals surface area contributed by atoms with Gasteiger partial charge in [-0.3, -0.25) is 4.79 Å². The Balaban J connectivity index is 0.000000492. The standard InChI is InChI=1S/C14H20O.C2H3N/c1-12(15)14(10-6-3-7-11-14)13-8-4-2-5-9-13;1-2-3/h3,6-7,10,13H,2,4-5,8-9,11H2,1H3;1H3. The number of carbonyl (C=O) groups excluding carboxylic acids is 1. The molecule has 0 aromatic heterocycles. The van der Waals surface area contributed by atoms with Crippen molar-refractivity contribution >= 4 is 5.78 Å². The summed E-state index contributed by atoms with van der Waals surface area (Å²) < 4.78 is 0. The SMILES string of the molecule is CC#N.CC(=O)C1(C2CCCCC2)C=CC=CC1. The van der Waals surface area contributed by atoms with Gasteiger partial charge < -0.3 is 0 Å². The van der Waals surface area contributed by atoms with E-state index < -0.39 is 0 Å². The monoisotopic (exact) mass is 245 g/mol. The molecule has 0 amide bonds. The molecule has 0 spiro atoms. The van der Waals surface area contributed by atoms with Gasteiger partial charge in [-0.2, -0.15) is 5.26 Å². The van der Waals surface area contributed by atoms with Crippen LogP contribution in [0.4, 0.5) is 0 Å². The molecule has 0 aromatic rings. The summed E-state index contributed by atoms with van der Waals surface area (Å²) in [6.07, 6.45) is 15.8. The lowest BCUT2D eigenvalue weighted by atomic mass is 9.64. The van der Waals surface area contributed by atoms with Crippen molar-refractivity contribution in [3.63, 3.8) is 0 Å². The van der Waals surface area contributed by atoms with Crippen molar-refractivity contribution in [1.82, 2.24) is 0 Å². The molecule has 0 bridgehead atoms. The third-order valence-electron chi connectivity index (χ3n) is 4.09. The van der Waals surface area contributed by atoms with Crippen LogP contribution >= 0.6 is 0 Å². The third kappa shape index (κ3) is 3.32. The van der Waals surface area contributed by atoms with E-state index in [4.69, 9.17) is 5.26 Å². The van der Waals surface area contributed by atoms with Crippen molar-refractivity contribution in [3.8, 4) is 6.07 Å². The van der Waals surface area contributed by atoms with Crippen LogP contribution in [0.1, 0.15) is 52.4 Å². The van der Waals surface area contributed by atoms with Crippen molar-refractivity contribution in [2.24, 2.45) is 11.3 Å². The van der Waals surface area contributed by atoms with E-state index in [1.807, 2.05) is 0 Å². The van der Waals surface area contributed by atoms with Crippen LogP contribution < -0.4 is 0 Å². The van der Waals surface area contributed by atoms with Crippen molar-refractivity contribution in [1.29, 1.82) is 5.26 Å². The minimum Gasteiger partial charge on any atom is -0.299 e. The predicted molar refractivity (Wildman–Crippen MR) is 73.9 cm³/mol. The van der Waals surface area contributed by atoms with Gasteiger partial charge in [0.1, 0.15) is 5.78 Å². The van der Waals surface area contributed by atoms with Gasteiger partial charge in [0.15, 0.2) is 0 Å². The van der Waals surface area contributed by atoms with E-state index >= 15 is 0 Å². The molecule has 2 nitrogen and oxygen atoms in total. The Morgan fingerprint density at radius 3 is 2.33 bits per heavy atom. The Bertz CT molecular complexity index is 369. The quantitative estimate of drug-likeness (QED) is 0.732. The first-order chi connectivity index (χ1) is 8.67. The average molecular weight is 245 g/mol. The second-order valence-corrected chi connectivity index (χ2v) is 5.15. The zero-order chi connectivity index (χ0) is 13.4. The Morgan fingerprint density at radius 2 is 1.89 bits per heavy atom. The topological polar surface area (TPSA) is 40.9 Å². The number of nitrogens with zero attached hydrogens (tertiary/aromatic N) is 1. The van der Waals surface area contributed by atoms with E-state index in [2.05, 4.69) is 24.3 Å². The van der Waals surface area contributed by atoms with Gasteiger partial charge in [-0.15, -0.1) is 0 Å². The number of Topliss-reactive ketones (excluding diaryl/α,β-unsaturated/α-hetero) is 1. The van der Waals surface area contributed by atoms with Gasteiger partial charge in [0, 0.05) is 6.92 Å². The first-order valence-corrected chi connectivity index (χ1v) is 6.83. The summed E-state index contributed by atoms with van der Waals surface area (Å²) in [6.45, 7) is 3.19. The molecule has 1 fully saturated rings. The molecule has 2 aliphatic rings. The molecule has 98 valence electrons. The van der Waals surface area contributed by atoms with Crippen LogP contribution in [0.2, 0.25) is 0 Å². The third-order valence-corrected chi connectivity index (χ3v) is 4.09. The molecule has 0 aromatic carbocycles. The molecule has 0 radical (unpaired) electrons. The Hall–Kier alpha value is -1.36. The highest BCUT2D eigenvalue weighted by Gasteiger charge is 2.40. The summed E-state index contributed by atoms with van der Waals surface area (Å²) in [6, 6.07) is 1.75. The summed E-state index contributed by atoms with van der Waals surface area (Å²) in [5.74, 6) is 0.944. The smallest absolute Gasteiger partial charge is 0.140 e. The summed E-state index contributed by atoms with van der Waals surface area (Å²) in [5.41, 5.74) is -0.158. The Morgan fingerprint density at radius 1 is 1.28 bits per heavy atom. The highest BCUT2D eigenvalue weighted by Crippen LogP contribution is 2.44. The number of nitriles is 1. The van der Waals surface area contributed by atoms with Crippen LogP contribution in [0.25, 0.3) is 0 Å². The normalized spacial score (nSPS) is 26.9. The van der Waals surface area contributed by atoms with Crippen LogP contribution in [0, 0.1) is 22.7 Å². The maximum absolute atomic E-state index is 11.9. The maximum atomic E-state index is 11.9. The van der Waals surface area contributed by atoms with Crippen LogP contribution in [0.5, 0.6) is 0 Å².